The van der Waals surface area contributed by atoms with Crippen LogP contribution in [0, 0.1) is 5.92 Å². The van der Waals surface area contributed by atoms with Gasteiger partial charge in [-0.15, -0.1) is 0 Å². The predicted octanol–water partition coefficient (Wildman–Crippen LogP) is 2.25. The highest BCUT2D eigenvalue weighted by Crippen LogP contribution is 2.28. The summed E-state index contributed by atoms with van der Waals surface area (Å²) in [5, 5.41) is 3.40. The molecule has 0 bridgehead atoms. The monoisotopic (exact) mass is 219 g/mol. The van der Waals surface area contributed by atoms with E-state index in [1.54, 1.807) is 0 Å². The molecular formula is C14H21NO. The van der Waals surface area contributed by atoms with Crippen molar-refractivity contribution in [2.24, 2.45) is 5.92 Å². The summed E-state index contributed by atoms with van der Waals surface area (Å²) in [6.45, 7) is 3.84. The fourth-order valence-electron chi connectivity index (χ4n) is 1.68. The Bertz CT molecular complexity index is 282. The lowest BCUT2D eigenvalue weighted by Crippen LogP contribution is -2.22. The van der Waals surface area contributed by atoms with Gasteiger partial charge >= 0.3 is 0 Å². The van der Waals surface area contributed by atoms with Gasteiger partial charge in [0.05, 0.1) is 6.61 Å². The number of hydrogen-bond donors (Lipinski definition) is 1. The van der Waals surface area contributed by atoms with Crippen molar-refractivity contribution in [1.29, 1.82) is 0 Å². The summed E-state index contributed by atoms with van der Waals surface area (Å²) in [5.74, 6) is 0.879. The molecule has 0 aliphatic heterocycles. The van der Waals surface area contributed by atoms with Crippen molar-refractivity contribution >= 4 is 0 Å². The van der Waals surface area contributed by atoms with Crippen molar-refractivity contribution < 1.29 is 4.74 Å². The van der Waals surface area contributed by atoms with Crippen LogP contribution in [0.15, 0.2) is 30.3 Å². The molecule has 0 aromatic heterocycles. The first-order valence-electron chi connectivity index (χ1n) is 6.27. The third kappa shape index (κ3) is 4.77. The number of ether oxygens (including phenoxy) is 1. The molecule has 1 aliphatic rings. The Balaban J connectivity index is 1.42. The molecular weight excluding hydrogens is 198 g/mol. The zero-order valence-corrected chi connectivity index (χ0v) is 9.82. The minimum absolute atomic E-state index is 0.852. The SMILES string of the molecule is c1ccc(CCNCCOCC2CC2)cc1. The Morgan fingerprint density at radius 2 is 1.94 bits per heavy atom. The predicted molar refractivity (Wildman–Crippen MR) is 66.6 cm³/mol. The van der Waals surface area contributed by atoms with Crippen LogP contribution in [-0.4, -0.2) is 26.3 Å². The van der Waals surface area contributed by atoms with Crippen molar-refractivity contribution in [3.8, 4) is 0 Å². The van der Waals surface area contributed by atoms with Crippen LogP contribution in [0.2, 0.25) is 0 Å². The highest BCUT2D eigenvalue weighted by molar-refractivity contribution is 5.14. The molecule has 0 heterocycles. The van der Waals surface area contributed by atoms with Gasteiger partial charge in [0.1, 0.15) is 0 Å². The Hall–Kier alpha value is -0.860. The zero-order valence-electron chi connectivity index (χ0n) is 9.82. The summed E-state index contributed by atoms with van der Waals surface area (Å²) >= 11 is 0. The van der Waals surface area contributed by atoms with E-state index in [0.29, 0.717) is 0 Å². The molecule has 1 saturated carbocycles. The first-order chi connectivity index (χ1) is 7.95. The zero-order chi connectivity index (χ0) is 11.1. The van der Waals surface area contributed by atoms with Crippen LogP contribution < -0.4 is 5.32 Å². The molecule has 0 atom stereocenters. The van der Waals surface area contributed by atoms with Crippen LogP contribution in [0.5, 0.6) is 0 Å². The topological polar surface area (TPSA) is 21.3 Å². The maximum Gasteiger partial charge on any atom is 0.0591 e. The molecule has 1 aliphatic carbocycles. The Kier molecular flexibility index (Phi) is 4.84. The van der Waals surface area contributed by atoms with E-state index in [1.807, 2.05) is 0 Å². The lowest BCUT2D eigenvalue weighted by Gasteiger charge is -2.05. The van der Waals surface area contributed by atoms with Gasteiger partial charge in [0.25, 0.3) is 0 Å². The van der Waals surface area contributed by atoms with Crippen LogP contribution >= 0.6 is 0 Å². The van der Waals surface area contributed by atoms with Crippen LogP contribution in [0.3, 0.4) is 0 Å². The number of rotatable bonds is 8. The molecule has 0 saturated heterocycles. The molecule has 1 N–H and O–H groups in total. The average Bonchev–Trinajstić information content (AvgIpc) is 3.13. The van der Waals surface area contributed by atoms with Crippen molar-refractivity contribution in [3.05, 3.63) is 35.9 Å². The van der Waals surface area contributed by atoms with Crippen LogP contribution in [0.1, 0.15) is 18.4 Å². The van der Waals surface area contributed by atoms with E-state index >= 15 is 0 Å². The number of benzene rings is 1. The Labute approximate surface area is 98.0 Å². The van der Waals surface area contributed by atoms with E-state index < -0.39 is 0 Å². The molecule has 16 heavy (non-hydrogen) atoms. The average molecular weight is 219 g/mol. The lowest BCUT2D eigenvalue weighted by molar-refractivity contribution is 0.126. The van der Waals surface area contributed by atoms with Crippen LogP contribution in [0.25, 0.3) is 0 Å². The summed E-state index contributed by atoms with van der Waals surface area (Å²) in [5.41, 5.74) is 1.40. The smallest absolute Gasteiger partial charge is 0.0591 e. The van der Waals surface area contributed by atoms with Crippen molar-refractivity contribution in [1.82, 2.24) is 5.32 Å². The molecule has 2 rings (SSSR count). The van der Waals surface area contributed by atoms with E-state index in [2.05, 4.69) is 35.6 Å². The summed E-state index contributed by atoms with van der Waals surface area (Å²) in [6, 6.07) is 10.6. The second-order valence-electron chi connectivity index (χ2n) is 4.50. The van der Waals surface area contributed by atoms with Gasteiger partial charge in [-0.25, -0.2) is 0 Å². The normalized spacial score (nSPS) is 15.2. The highest BCUT2D eigenvalue weighted by atomic mass is 16.5. The second kappa shape index (κ2) is 6.66. The molecule has 1 fully saturated rings. The molecule has 0 unspecified atom stereocenters. The summed E-state index contributed by atoms with van der Waals surface area (Å²) in [4.78, 5) is 0. The maximum atomic E-state index is 5.55. The molecule has 1 aromatic rings. The minimum Gasteiger partial charge on any atom is -0.380 e. The Morgan fingerprint density at radius 1 is 1.12 bits per heavy atom. The molecule has 2 heteroatoms. The molecule has 0 amide bonds. The molecule has 2 nitrogen and oxygen atoms in total. The van der Waals surface area contributed by atoms with Gasteiger partial charge < -0.3 is 10.1 Å². The first kappa shape index (κ1) is 11.6. The lowest BCUT2D eigenvalue weighted by atomic mass is 10.1. The van der Waals surface area contributed by atoms with Gasteiger partial charge in [0, 0.05) is 13.2 Å². The quantitative estimate of drug-likeness (QED) is 0.677. The van der Waals surface area contributed by atoms with Crippen LogP contribution in [0.4, 0.5) is 0 Å². The van der Waals surface area contributed by atoms with E-state index in [4.69, 9.17) is 4.74 Å². The number of nitrogens with one attached hydrogen (secondary N) is 1. The van der Waals surface area contributed by atoms with Gasteiger partial charge in [-0.05, 0) is 37.3 Å². The van der Waals surface area contributed by atoms with Gasteiger partial charge in [0.15, 0.2) is 0 Å². The number of hydrogen-bond acceptors (Lipinski definition) is 2. The highest BCUT2D eigenvalue weighted by Gasteiger charge is 2.20. The van der Waals surface area contributed by atoms with E-state index in [1.165, 1.54) is 18.4 Å². The largest absolute Gasteiger partial charge is 0.380 e. The first-order valence-corrected chi connectivity index (χ1v) is 6.27. The maximum absolute atomic E-state index is 5.55. The van der Waals surface area contributed by atoms with Gasteiger partial charge in [-0.1, -0.05) is 30.3 Å². The summed E-state index contributed by atoms with van der Waals surface area (Å²) in [6.07, 6.45) is 3.85. The summed E-state index contributed by atoms with van der Waals surface area (Å²) < 4.78 is 5.55. The molecule has 88 valence electrons. The summed E-state index contributed by atoms with van der Waals surface area (Å²) in [7, 11) is 0. The molecule has 0 spiro atoms. The van der Waals surface area contributed by atoms with Gasteiger partial charge in [0.2, 0.25) is 0 Å². The fourth-order valence-corrected chi connectivity index (χ4v) is 1.68. The standard InChI is InChI=1S/C14H21NO/c1-2-4-13(5-3-1)8-9-15-10-11-16-12-14-6-7-14/h1-5,14-15H,6-12H2. The molecule has 1 aromatic carbocycles. The second-order valence-corrected chi connectivity index (χ2v) is 4.50. The Morgan fingerprint density at radius 3 is 2.69 bits per heavy atom. The van der Waals surface area contributed by atoms with Crippen LogP contribution in [-0.2, 0) is 11.2 Å². The van der Waals surface area contributed by atoms with Crippen molar-refractivity contribution in [2.75, 3.05) is 26.3 Å². The van der Waals surface area contributed by atoms with Crippen molar-refractivity contribution in [2.45, 2.75) is 19.3 Å². The fraction of sp³-hybridized carbons (Fsp3) is 0.571. The van der Waals surface area contributed by atoms with Gasteiger partial charge in [-0.3, -0.25) is 0 Å². The molecule has 0 radical (unpaired) electrons. The van der Waals surface area contributed by atoms with E-state index in [-0.39, 0.29) is 0 Å². The van der Waals surface area contributed by atoms with E-state index in [9.17, 15) is 0 Å². The van der Waals surface area contributed by atoms with E-state index in [0.717, 1.165) is 38.6 Å². The third-order valence-corrected chi connectivity index (χ3v) is 2.91. The third-order valence-electron chi connectivity index (χ3n) is 2.91. The minimum atomic E-state index is 0.852. The van der Waals surface area contributed by atoms with Crippen molar-refractivity contribution in [3.63, 3.8) is 0 Å². The van der Waals surface area contributed by atoms with Gasteiger partial charge in [-0.2, -0.15) is 0 Å².